The Kier molecular flexibility index (Phi) is 5.60. The van der Waals surface area contributed by atoms with Crippen molar-refractivity contribution in [2.75, 3.05) is 14.2 Å². The fourth-order valence-corrected chi connectivity index (χ4v) is 3.20. The molecule has 0 fully saturated rings. The number of amides is 1. The van der Waals surface area contributed by atoms with Crippen molar-refractivity contribution in [3.63, 3.8) is 0 Å². The number of benzene rings is 1. The largest absolute Gasteiger partial charge is 0.497 e. The molecule has 5 nitrogen and oxygen atoms in total. The minimum atomic E-state index is 0.0196. The van der Waals surface area contributed by atoms with E-state index in [1.54, 1.807) is 18.2 Å². The molecule has 140 valence electrons. The molecule has 5 heteroatoms. The van der Waals surface area contributed by atoms with E-state index in [4.69, 9.17) is 4.74 Å². The summed E-state index contributed by atoms with van der Waals surface area (Å²) in [5.74, 6) is 0.831. The zero-order valence-electron chi connectivity index (χ0n) is 16.3. The highest BCUT2D eigenvalue weighted by Gasteiger charge is 2.19. The number of methoxy groups -OCH3 is 1. The van der Waals surface area contributed by atoms with Gasteiger partial charge >= 0.3 is 0 Å². The molecule has 0 atom stereocenters. The van der Waals surface area contributed by atoms with Crippen LogP contribution in [0.4, 0.5) is 0 Å². The maximum Gasteiger partial charge on any atom is 0.255 e. The summed E-state index contributed by atoms with van der Waals surface area (Å²) in [5.41, 5.74) is 4.79. The number of carbonyl (C=O) groups excluding carboxylic acids is 1. The van der Waals surface area contributed by atoms with Gasteiger partial charge in [0.25, 0.3) is 5.91 Å². The van der Waals surface area contributed by atoms with Gasteiger partial charge in [0.15, 0.2) is 0 Å². The molecule has 0 aliphatic carbocycles. The van der Waals surface area contributed by atoms with Gasteiger partial charge in [-0.3, -0.25) is 9.78 Å². The second-order valence-electron chi connectivity index (χ2n) is 6.70. The van der Waals surface area contributed by atoms with E-state index in [1.807, 2.05) is 69.4 Å². The fraction of sp³-hybridized carbons (Fsp3) is 0.273. The van der Waals surface area contributed by atoms with Crippen molar-refractivity contribution >= 4 is 5.91 Å². The lowest BCUT2D eigenvalue weighted by Gasteiger charge is -2.18. The topological polar surface area (TPSA) is 47.4 Å². The maximum atomic E-state index is 13.0. The minimum absolute atomic E-state index is 0.0196. The number of pyridine rings is 1. The summed E-state index contributed by atoms with van der Waals surface area (Å²) in [6.07, 6.45) is 1.79. The Morgan fingerprint density at radius 1 is 1.15 bits per heavy atom. The van der Waals surface area contributed by atoms with Crippen molar-refractivity contribution in [2.45, 2.75) is 26.9 Å². The van der Waals surface area contributed by atoms with Crippen LogP contribution in [0, 0.1) is 13.8 Å². The van der Waals surface area contributed by atoms with E-state index < -0.39 is 0 Å². The molecule has 1 aromatic carbocycles. The summed E-state index contributed by atoms with van der Waals surface area (Å²) in [4.78, 5) is 19.1. The molecule has 0 radical (unpaired) electrons. The van der Waals surface area contributed by atoms with Crippen molar-refractivity contribution in [3.8, 4) is 5.75 Å². The molecule has 0 N–H and O–H groups in total. The predicted molar refractivity (Wildman–Crippen MR) is 106 cm³/mol. The van der Waals surface area contributed by atoms with Crippen molar-refractivity contribution < 1.29 is 9.53 Å². The molecule has 2 heterocycles. The Hall–Kier alpha value is -3.08. The third-order valence-electron chi connectivity index (χ3n) is 4.78. The second-order valence-corrected chi connectivity index (χ2v) is 6.70. The highest BCUT2D eigenvalue weighted by molar-refractivity contribution is 5.95. The lowest BCUT2D eigenvalue weighted by Crippen LogP contribution is -2.26. The monoisotopic (exact) mass is 363 g/mol. The third-order valence-corrected chi connectivity index (χ3v) is 4.78. The smallest absolute Gasteiger partial charge is 0.255 e. The number of ether oxygens (including phenoxy) is 1. The molecule has 3 rings (SSSR count). The highest BCUT2D eigenvalue weighted by Crippen LogP contribution is 2.19. The van der Waals surface area contributed by atoms with Crippen LogP contribution in [0.3, 0.4) is 0 Å². The van der Waals surface area contributed by atoms with Crippen LogP contribution < -0.4 is 4.74 Å². The fourth-order valence-electron chi connectivity index (χ4n) is 3.20. The van der Waals surface area contributed by atoms with Gasteiger partial charge in [0.2, 0.25) is 0 Å². The molecule has 27 heavy (non-hydrogen) atoms. The van der Waals surface area contributed by atoms with Gasteiger partial charge in [0.05, 0.1) is 24.9 Å². The van der Waals surface area contributed by atoms with Crippen molar-refractivity contribution in [2.24, 2.45) is 0 Å². The number of rotatable bonds is 6. The summed E-state index contributed by atoms with van der Waals surface area (Å²) in [6, 6.07) is 15.6. The number of hydrogen-bond donors (Lipinski definition) is 0. The Balaban J connectivity index is 1.76. The summed E-state index contributed by atoms with van der Waals surface area (Å²) in [7, 11) is 3.48. The van der Waals surface area contributed by atoms with Gasteiger partial charge in [-0.2, -0.15) is 0 Å². The zero-order valence-corrected chi connectivity index (χ0v) is 16.3. The first kappa shape index (κ1) is 18.7. The van der Waals surface area contributed by atoms with E-state index in [1.165, 1.54) is 0 Å². The standard InChI is InChI=1S/C22H25N3O2/c1-16-13-21(17(2)25(16)15-19-7-5-6-12-23-19)22(26)24(3)14-18-8-10-20(27-4)11-9-18/h5-13H,14-15H2,1-4H3. The van der Waals surface area contributed by atoms with Crippen molar-refractivity contribution in [1.82, 2.24) is 14.5 Å². The molecule has 0 spiro atoms. The molecular weight excluding hydrogens is 338 g/mol. The molecule has 0 bridgehead atoms. The third kappa shape index (κ3) is 4.19. The molecule has 0 aliphatic heterocycles. The molecule has 0 aliphatic rings. The number of hydrogen-bond acceptors (Lipinski definition) is 3. The van der Waals surface area contributed by atoms with Gasteiger partial charge in [-0.25, -0.2) is 0 Å². The molecule has 0 saturated heterocycles. The van der Waals surface area contributed by atoms with Gasteiger partial charge in [-0.15, -0.1) is 0 Å². The number of aryl methyl sites for hydroxylation is 1. The molecule has 1 amide bonds. The first-order valence-corrected chi connectivity index (χ1v) is 8.94. The Bertz CT molecular complexity index is 915. The lowest BCUT2D eigenvalue weighted by atomic mass is 10.1. The maximum absolute atomic E-state index is 13.0. The summed E-state index contributed by atoms with van der Waals surface area (Å²) in [5, 5.41) is 0. The van der Waals surface area contributed by atoms with Crippen LogP contribution in [0.2, 0.25) is 0 Å². The van der Waals surface area contributed by atoms with Crippen LogP contribution in [0.5, 0.6) is 5.75 Å². The quantitative estimate of drug-likeness (QED) is 0.669. The van der Waals surface area contributed by atoms with E-state index >= 15 is 0 Å². The van der Waals surface area contributed by atoms with Crippen LogP contribution in [-0.2, 0) is 13.1 Å². The average Bonchev–Trinajstić information content (AvgIpc) is 2.97. The van der Waals surface area contributed by atoms with Crippen LogP contribution >= 0.6 is 0 Å². The Labute approximate surface area is 160 Å². The van der Waals surface area contributed by atoms with Gasteiger partial charge < -0.3 is 14.2 Å². The molecule has 3 aromatic rings. The minimum Gasteiger partial charge on any atom is -0.497 e. The number of nitrogens with zero attached hydrogens (tertiary/aromatic N) is 3. The molecule has 2 aromatic heterocycles. The van der Waals surface area contributed by atoms with Gasteiger partial charge in [-0.1, -0.05) is 18.2 Å². The number of aromatic nitrogens is 2. The molecular formula is C22H25N3O2. The Morgan fingerprint density at radius 2 is 1.89 bits per heavy atom. The summed E-state index contributed by atoms with van der Waals surface area (Å²) >= 11 is 0. The van der Waals surface area contributed by atoms with E-state index in [9.17, 15) is 4.79 Å². The van der Waals surface area contributed by atoms with E-state index in [2.05, 4.69) is 9.55 Å². The van der Waals surface area contributed by atoms with Crippen LogP contribution in [0.1, 0.15) is 33.0 Å². The lowest BCUT2D eigenvalue weighted by molar-refractivity contribution is 0.0784. The summed E-state index contributed by atoms with van der Waals surface area (Å²) in [6.45, 7) is 5.22. The van der Waals surface area contributed by atoms with Crippen LogP contribution in [0.15, 0.2) is 54.7 Å². The van der Waals surface area contributed by atoms with Crippen LogP contribution in [0.25, 0.3) is 0 Å². The number of carbonyl (C=O) groups is 1. The normalized spacial score (nSPS) is 10.7. The molecule has 0 unspecified atom stereocenters. The highest BCUT2D eigenvalue weighted by atomic mass is 16.5. The predicted octanol–water partition coefficient (Wildman–Crippen LogP) is 3.83. The first-order valence-electron chi connectivity index (χ1n) is 8.94. The van der Waals surface area contributed by atoms with Gasteiger partial charge in [-0.05, 0) is 49.7 Å². The molecule has 0 saturated carbocycles. The van der Waals surface area contributed by atoms with Crippen molar-refractivity contribution in [1.29, 1.82) is 0 Å². The van der Waals surface area contributed by atoms with Crippen molar-refractivity contribution in [3.05, 3.63) is 82.9 Å². The second kappa shape index (κ2) is 8.08. The van der Waals surface area contributed by atoms with E-state index in [0.29, 0.717) is 13.1 Å². The first-order chi connectivity index (χ1) is 13.0. The van der Waals surface area contributed by atoms with E-state index in [-0.39, 0.29) is 5.91 Å². The SMILES string of the molecule is COc1ccc(CN(C)C(=O)c2cc(C)n(Cc3ccccn3)c2C)cc1. The zero-order chi connectivity index (χ0) is 19.4. The summed E-state index contributed by atoms with van der Waals surface area (Å²) < 4.78 is 7.32. The van der Waals surface area contributed by atoms with E-state index in [0.717, 1.165) is 34.0 Å². The van der Waals surface area contributed by atoms with Crippen LogP contribution in [-0.4, -0.2) is 34.5 Å². The van der Waals surface area contributed by atoms with Gasteiger partial charge in [0.1, 0.15) is 5.75 Å². The Morgan fingerprint density at radius 3 is 2.52 bits per heavy atom. The van der Waals surface area contributed by atoms with Gasteiger partial charge in [0, 0.05) is 31.2 Å². The average molecular weight is 363 g/mol.